The summed E-state index contributed by atoms with van der Waals surface area (Å²) in [6, 6.07) is 6.57. The monoisotopic (exact) mass is 319 g/mol. The SMILES string of the molecule is COCCN(Cc1ccc(C)o1)C(=O)Nc1cccn(C)c1=O. The first-order chi connectivity index (χ1) is 11.0. The van der Waals surface area contributed by atoms with Gasteiger partial charge in [-0.3, -0.25) is 4.79 Å². The predicted molar refractivity (Wildman–Crippen MR) is 86.4 cm³/mol. The highest BCUT2D eigenvalue weighted by Crippen LogP contribution is 2.11. The van der Waals surface area contributed by atoms with Crippen LogP contribution in [0.5, 0.6) is 0 Å². The highest BCUT2D eigenvalue weighted by molar-refractivity contribution is 5.89. The number of ether oxygens (including phenoxy) is 1. The lowest BCUT2D eigenvalue weighted by atomic mass is 10.3. The molecule has 0 fully saturated rings. The van der Waals surface area contributed by atoms with E-state index in [9.17, 15) is 9.59 Å². The van der Waals surface area contributed by atoms with Crippen LogP contribution in [0.3, 0.4) is 0 Å². The van der Waals surface area contributed by atoms with Crippen molar-refractivity contribution in [1.29, 1.82) is 0 Å². The molecule has 1 N–H and O–H groups in total. The number of rotatable bonds is 6. The van der Waals surface area contributed by atoms with Crippen molar-refractivity contribution in [2.45, 2.75) is 13.5 Å². The van der Waals surface area contributed by atoms with Crippen molar-refractivity contribution >= 4 is 11.7 Å². The molecule has 0 aliphatic rings. The molecule has 0 radical (unpaired) electrons. The fourth-order valence-electron chi connectivity index (χ4n) is 2.10. The minimum atomic E-state index is -0.376. The number of nitrogens with zero attached hydrogens (tertiary/aromatic N) is 2. The van der Waals surface area contributed by atoms with E-state index >= 15 is 0 Å². The largest absolute Gasteiger partial charge is 0.464 e. The van der Waals surface area contributed by atoms with E-state index in [1.54, 1.807) is 32.5 Å². The van der Waals surface area contributed by atoms with Crippen molar-refractivity contribution in [3.05, 3.63) is 52.3 Å². The summed E-state index contributed by atoms with van der Waals surface area (Å²) in [5.74, 6) is 1.46. The average Bonchev–Trinajstić information content (AvgIpc) is 2.93. The van der Waals surface area contributed by atoms with E-state index in [0.29, 0.717) is 25.5 Å². The van der Waals surface area contributed by atoms with Crippen LogP contribution in [-0.4, -0.2) is 35.8 Å². The number of methoxy groups -OCH3 is 1. The molecular weight excluding hydrogens is 298 g/mol. The number of aryl methyl sites for hydroxylation is 2. The molecular formula is C16H21N3O4. The maximum absolute atomic E-state index is 12.5. The Morgan fingerprint density at radius 3 is 2.83 bits per heavy atom. The maximum atomic E-state index is 12.5. The summed E-state index contributed by atoms with van der Waals surface area (Å²) in [6.45, 7) is 2.92. The lowest BCUT2D eigenvalue weighted by molar-refractivity contribution is 0.149. The van der Waals surface area contributed by atoms with Crippen LogP contribution in [0.25, 0.3) is 0 Å². The summed E-state index contributed by atoms with van der Waals surface area (Å²) in [5, 5.41) is 2.64. The van der Waals surface area contributed by atoms with Crippen LogP contribution in [0, 0.1) is 6.92 Å². The van der Waals surface area contributed by atoms with Crippen molar-refractivity contribution in [3.63, 3.8) is 0 Å². The molecule has 0 aliphatic heterocycles. The topological polar surface area (TPSA) is 76.7 Å². The van der Waals surface area contributed by atoms with Crippen LogP contribution in [0.4, 0.5) is 10.5 Å². The molecule has 0 atom stereocenters. The Bertz CT molecular complexity index is 720. The maximum Gasteiger partial charge on any atom is 0.322 e. The second-order valence-corrected chi connectivity index (χ2v) is 5.19. The lowest BCUT2D eigenvalue weighted by Gasteiger charge is -2.21. The molecule has 0 saturated heterocycles. The molecule has 0 aromatic carbocycles. The van der Waals surface area contributed by atoms with Gasteiger partial charge in [-0.25, -0.2) is 4.79 Å². The van der Waals surface area contributed by atoms with Crippen LogP contribution in [0.1, 0.15) is 11.5 Å². The van der Waals surface area contributed by atoms with Gasteiger partial charge in [-0.1, -0.05) is 0 Å². The molecule has 7 nitrogen and oxygen atoms in total. The Morgan fingerprint density at radius 2 is 2.17 bits per heavy atom. The third kappa shape index (κ3) is 4.46. The zero-order valence-electron chi connectivity index (χ0n) is 13.5. The third-order valence-electron chi connectivity index (χ3n) is 3.36. The van der Waals surface area contributed by atoms with Gasteiger partial charge in [0.15, 0.2) is 0 Å². The Balaban J connectivity index is 2.12. The Hall–Kier alpha value is -2.54. The summed E-state index contributed by atoms with van der Waals surface area (Å²) in [7, 11) is 3.20. The number of hydrogen-bond donors (Lipinski definition) is 1. The van der Waals surface area contributed by atoms with E-state index in [4.69, 9.17) is 9.15 Å². The van der Waals surface area contributed by atoms with Crippen LogP contribution in [-0.2, 0) is 18.3 Å². The average molecular weight is 319 g/mol. The number of carbonyl (C=O) groups excluding carboxylic acids is 1. The first-order valence-corrected chi connectivity index (χ1v) is 7.27. The molecule has 0 saturated carbocycles. The molecule has 0 unspecified atom stereocenters. The molecule has 0 aliphatic carbocycles. The molecule has 2 amide bonds. The van der Waals surface area contributed by atoms with Gasteiger partial charge in [0.05, 0.1) is 13.2 Å². The van der Waals surface area contributed by atoms with Gasteiger partial charge in [-0.15, -0.1) is 0 Å². The predicted octanol–water partition coefficient (Wildman–Crippen LogP) is 1.97. The summed E-state index contributed by atoms with van der Waals surface area (Å²) < 4.78 is 12.0. The van der Waals surface area contributed by atoms with Crippen molar-refractivity contribution in [1.82, 2.24) is 9.47 Å². The van der Waals surface area contributed by atoms with E-state index in [-0.39, 0.29) is 17.3 Å². The molecule has 2 rings (SSSR count). The number of anilines is 1. The van der Waals surface area contributed by atoms with Crippen molar-refractivity contribution in [2.24, 2.45) is 7.05 Å². The first kappa shape index (κ1) is 16.8. The zero-order chi connectivity index (χ0) is 16.8. The quantitative estimate of drug-likeness (QED) is 0.883. The van der Waals surface area contributed by atoms with Crippen molar-refractivity contribution in [2.75, 3.05) is 25.6 Å². The lowest BCUT2D eigenvalue weighted by Crippen LogP contribution is -2.38. The summed E-state index contributed by atoms with van der Waals surface area (Å²) in [5.41, 5.74) is -0.0283. The number of pyridine rings is 1. The van der Waals surface area contributed by atoms with Gasteiger partial charge in [0.25, 0.3) is 5.56 Å². The van der Waals surface area contributed by atoms with Gasteiger partial charge in [0.1, 0.15) is 17.2 Å². The Labute approximate surface area is 134 Å². The number of urea groups is 1. The number of nitrogens with one attached hydrogen (secondary N) is 1. The van der Waals surface area contributed by atoms with E-state index in [2.05, 4.69) is 5.32 Å². The summed E-state index contributed by atoms with van der Waals surface area (Å²) >= 11 is 0. The molecule has 2 aromatic rings. The Kier molecular flexibility index (Phi) is 5.59. The fraction of sp³-hybridized carbons (Fsp3) is 0.375. The molecule has 23 heavy (non-hydrogen) atoms. The normalized spacial score (nSPS) is 10.6. The molecule has 124 valence electrons. The fourth-order valence-corrected chi connectivity index (χ4v) is 2.10. The standard InChI is InChI=1S/C16H21N3O4/c1-12-6-7-13(23-12)11-19(9-10-22-3)16(21)17-14-5-4-8-18(2)15(14)20/h4-8H,9-11H2,1-3H3,(H,17,21). The van der Waals surface area contributed by atoms with Gasteiger partial charge in [0, 0.05) is 26.9 Å². The number of aromatic nitrogens is 1. The van der Waals surface area contributed by atoms with Crippen LogP contribution < -0.4 is 10.9 Å². The highest BCUT2D eigenvalue weighted by Gasteiger charge is 2.17. The molecule has 2 aromatic heterocycles. The van der Waals surface area contributed by atoms with E-state index in [0.717, 1.165) is 5.76 Å². The molecule has 2 heterocycles. The van der Waals surface area contributed by atoms with Crippen LogP contribution in [0.2, 0.25) is 0 Å². The number of furan rings is 1. The second-order valence-electron chi connectivity index (χ2n) is 5.19. The van der Waals surface area contributed by atoms with Crippen LogP contribution in [0.15, 0.2) is 39.7 Å². The van der Waals surface area contributed by atoms with Crippen molar-refractivity contribution < 1.29 is 13.9 Å². The van der Waals surface area contributed by atoms with Gasteiger partial charge in [0.2, 0.25) is 0 Å². The molecule has 0 spiro atoms. The van der Waals surface area contributed by atoms with E-state index in [1.807, 2.05) is 19.1 Å². The van der Waals surface area contributed by atoms with Gasteiger partial charge in [-0.05, 0) is 31.2 Å². The zero-order valence-corrected chi connectivity index (χ0v) is 13.5. The smallest absolute Gasteiger partial charge is 0.322 e. The van der Waals surface area contributed by atoms with E-state index in [1.165, 1.54) is 9.47 Å². The first-order valence-electron chi connectivity index (χ1n) is 7.27. The second kappa shape index (κ2) is 7.64. The van der Waals surface area contributed by atoms with Gasteiger partial charge in [-0.2, -0.15) is 0 Å². The number of amides is 2. The third-order valence-corrected chi connectivity index (χ3v) is 3.36. The van der Waals surface area contributed by atoms with Crippen molar-refractivity contribution in [3.8, 4) is 0 Å². The minimum absolute atomic E-state index is 0.234. The van der Waals surface area contributed by atoms with E-state index < -0.39 is 0 Å². The minimum Gasteiger partial charge on any atom is -0.464 e. The number of carbonyl (C=O) groups is 1. The van der Waals surface area contributed by atoms with Gasteiger partial charge < -0.3 is 23.9 Å². The summed E-state index contributed by atoms with van der Waals surface area (Å²) in [4.78, 5) is 26.0. The van der Waals surface area contributed by atoms with Gasteiger partial charge >= 0.3 is 6.03 Å². The van der Waals surface area contributed by atoms with Crippen LogP contribution >= 0.6 is 0 Å². The Morgan fingerprint density at radius 1 is 1.39 bits per heavy atom. The highest BCUT2D eigenvalue weighted by atomic mass is 16.5. The summed E-state index contributed by atoms with van der Waals surface area (Å²) in [6.07, 6.45) is 1.63. The number of hydrogen-bond acceptors (Lipinski definition) is 4. The molecule has 7 heteroatoms. The molecule has 0 bridgehead atoms.